The van der Waals surface area contributed by atoms with E-state index in [1.165, 1.54) is 7.11 Å². The number of aryl methyl sites for hydroxylation is 1. The Balaban J connectivity index is 1.78. The topological polar surface area (TPSA) is 61.8 Å². The minimum atomic E-state index is -0.221. The Kier molecular flexibility index (Phi) is 5.07. The average molecular weight is 380 g/mol. The number of ether oxygens (including phenoxy) is 3. The summed E-state index contributed by atoms with van der Waals surface area (Å²) in [6, 6.07) is 9.44. The summed E-state index contributed by atoms with van der Waals surface area (Å²) >= 11 is 0. The first-order valence-corrected chi connectivity index (χ1v) is 9.75. The van der Waals surface area contributed by atoms with E-state index in [1.807, 2.05) is 24.3 Å². The van der Waals surface area contributed by atoms with Crippen LogP contribution in [0.3, 0.4) is 0 Å². The van der Waals surface area contributed by atoms with E-state index in [4.69, 9.17) is 14.2 Å². The van der Waals surface area contributed by atoms with Crippen LogP contribution in [0.25, 0.3) is 11.1 Å². The van der Waals surface area contributed by atoms with Crippen molar-refractivity contribution in [1.29, 1.82) is 0 Å². The average Bonchev–Trinajstić information content (AvgIpc) is 3.37. The number of benzene rings is 2. The molecule has 2 aromatic rings. The van der Waals surface area contributed by atoms with Crippen molar-refractivity contribution in [1.82, 2.24) is 0 Å². The van der Waals surface area contributed by atoms with Crippen molar-refractivity contribution >= 4 is 11.8 Å². The number of Topliss-reactive ketones (excluding diaryl/α,β-unsaturated/α-hetero) is 1. The lowest BCUT2D eigenvalue weighted by Crippen LogP contribution is -2.18. The molecule has 0 N–H and O–H groups in total. The van der Waals surface area contributed by atoms with E-state index in [-0.39, 0.29) is 17.7 Å². The third kappa shape index (κ3) is 3.26. The second-order valence-electron chi connectivity index (χ2n) is 7.38. The molecule has 1 fully saturated rings. The van der Waals surface area contributed by atoms with E-state index < -0.39 is 0 Å². The number of ketones is 1. The van der Waals surface area contributed by atoms with Gasteiger partial charge in [0.05, 0.1) is 20.1 Å². The van der Waals surface area contributed by atoms with Crippen LogP contribution in [-0.2, 0) is 11.2 Å². The van der Waals surface area contributed by atoms with Crippen LogP contribution < -0.4 is 14.2 Å². The molecule has 0 aliphatic heterocycles. The zero-order valence-corrected chi connectivity index (χ0v) is 16.2. The smallest absolute Gasteiger partial charge is 0.314 e. The van der Waals surface area contributed by atoms with Gasteiger partial charge in [-0.2, -0.15) is 0 Å². The quantitative estimate of drug-likeness (QED) is 0.561. The standard InChI is InChI=1S/C23H24O5/c1-26-20-12-10-18(16-7-9-17-15(13-16)8-11-19(17)24)21(22(20)27-2)28-23(25)14-5-3-4-6-14/h7,9-10,12-14H,3-6,8,11H2,1-2H3. The molecule has 0 radical (unpaired) electrons. The van der Waals surface area contributed by atoms with Gasteiger partial charge in [0.2, 0.25) is 5.75 Å². The number of hydrogen-bond acceptors (Lipinski definition) is 5. The fourth-order valence-corrected chi connectivity index (χ4v) is 4.20. The molecule has 2 aromatic carbocycles. The highest BCUT2D eigenvalue weighted by atomic mass is 16.6. The summed E-state index contributed by atoms with van der Waals surface area (Å²) in [5.74, 6) is 1.19. The molecule has 2 aliphatic carbocycles. The second-order valence-corrected chi connectivity index (χ2v) is 7.38. The van der Waals surface area contributed by atoms with Crippen molar-refractivity contribution in [2.45, 2.75) is 38.5 Å². The number of carbonyl (C=O) groups excluding carboxylic acids is 2. The van der Waals surface area contributed by atoms with Crippen LogP contribution in [-0.4, -0.2) is 26.0 Å². The second kappa shape index (κ2) is 7.66. The molecule has 0 heterocycles. The number of carbonyl (C=O) groups is 2. The van der Waals surface area contributed by atoms with Gasteiger partial charge in [-0.05, 0) is 42.5 Å². The Bertz CT molecular complexity index is 925. The molecule has 0 spiro atoms. The summed E-state index contributed by atoms with van der Waals surface area (Å²) in [6.07, 6.45) is 5.13. The van der Waals surface area contributed by atoms with Crippen molar-refractivity contribution in [2.75, 3.05) is 14.2 Å². The number of hydrogen-bond donors (Lipinski definition) is 0. The van der Waals surface area contributed by atoms with Crippen LogP contribution in [0.1, 0.15) is 48.0 Å². The monoisotopic (exact) mass is 380 g/mol. The van der Waals surface area contributed by atoms with Gasteiger partial charge in [0.25, 0.3) is 0 Å². The Morgan fingerprint density at radius 1 is 0.929 bits per heavy atom. The van der Waals surface area contributed by atoms with E-state index >= 15 is 0 Å². The van der Waals surface area contributed by atoms with Gasteiger partial charge >= 0.3 is 5.97 Å². The van der Waals surface area contributed by atoms with E-state index in [0.717, 1.165) is 54.4 Å². The van der Waals surface area contributed by atoms with Gasteiger partial charge in [-0.1, -0.05) is 31.0 Å². The SMILES string of the molecule is COc1ccc(-c2ccc3c(c2)CCC3=O)c(OC(=O)C2CCCC2)c1OC. The fraction of sp³-hybridized carbons (Fsp3) is 0.391. The maximum atomic E-state index is 12.7. The van der Waals surface area contributed by atoms with Gasteiger partial charge < -0.3 is 14.2 Å². The van der Waals surface area contributed by atoms with Crippen molar-refractivity contribution < 1.29 is 23.8 Å². The van der Waals surface area contributed by atoms with Crippen LogP contribution in [0, 0.1) is 5.92 Å². The van der Waals surface area contributed by atoms with Crippen LogP contribution in [0.15, 0.2) is 30.3 Å². The first-order chi connectivity index (χ1) is 13.6. The molecule has 4 rings (SSSR count). The highest BCUT2D eigenvalue weighted by molar-refractivity contribution is 6.01. The Morgan fingerprint density at radius 2 is 1.68 bits per heavy atom. The molecular weight excluding hydrogens is 356 g/mol. The molecule has 146 valence electrons. The van der Waals surface area contributed by atoms with Gasteiger partial charge in [0, 0.05) is 17.5 Å². The lowest BCUT2D eigenvalue weighted by molar-refractivity contribution is -0.138. The number of rotatable bonds is 5. The first kappa shape index (κ1) is 18.5. The minimum absolute atomic E-state index is 0.0681. The molecule has 2 aliphatic rings. The van der Waals surface area contributed by atoms with Crippen LogP contribution in [0.4, 0.5) is 0 Å². The maximum Gasteiger partial charge on any atom is 0.314 e. The summed E-state index contributed by atoms with van der Waals surface area (Å²) in [5, 5.41) is 0. The van der Waals surface area contributed by atoms with E-state index in [9.17, 15) is 9.59 Å². The molecule has 5 heteroatoms. The third-order valence-electron chi connectivity index (χ3n) is 5.73. The van der Waals surface area contributed by atoms with E-state index in [1.54, 1.807) is 13.2 Å². The van der Waals surface area contributed by atoms with Gasteiger partial charge in [0.1, 0.15) is 0 Å². The predicted octanol–water partition coefficient (Wildman–Crippen LogP) is 4.60. The van der Waals surface area contributed by atoms with Gasteiger partial charge in [-0.3, -0.25) is 9.59 Å². The van der Waals surface area contributed by atoms with Crippen LogP contribution in [0.2, 0.25) is 0 Å². The molecule has 1 saturated carbocycles. The Hall–Kier alpha value is -2.82. The lowest BCUT2D eigenvalue weighted by Gasteiger charge is -2.18. The minimum Gasteiger partial charge on any atom is -0.493 e. The normalized spacial score (nSPS) is 16.1. The number of fused-ring (bicyclic) bond motifs is 1. The molecular formula is C23H24O5. The summed E-state index contributed by atoms with van der Waals surface area (Å²) in [6.45, 7) is 0. The number of esters is 1. The molecule has 0 aromatic heterocycles. The van der Waals surface area contributed by atoms with Gasteiger partial charge in [0.15, 0.2) is 17.3 Å². The van der Waals surface area contributed by atoms with Crippen LogP contribution in [0.5, 0.6) is 17.2 Å². The van der Waals surface area contributed by atoms with Crippen molar-refractivity contribution in [3.63, 3.8) is 0 Å². The molecule has 0 saturated heterocycles. The zero-order valence-electron chi connectivity index (χ0n) is 16.2. The van der Waals surface area contributed by atoms with Gasteiger partial charge in [-0.15, -0.1) is 0 Å². The highest BCUT2D eigenvalue weighted by Gasteiger charge is 2.28. The van der Waals surface area contributed by atoms with Crippen molar-refractivity contribution in [2.24, 2.45) is 5.92 Å². The van der Waals surface area contributed by atoms with E-state index in [2.05, 4.69) is 0 Å². The Morgan fingerprint density at radius 3 is 2.39 bits per heavy atom. The summed E-state index contributed by atoms with van der Waals surface area (Å²) < 4.78 is 16.8. The molecule has 0 amide bonds. The van der Waals surface area contributed by atoms with Crippen LogP contribution >= 0.6 is 0 Å². The largest absolute Gasteiger partial charge is 0.493 e. The molecule has 0 unspecified atom stereocenters. The molecule has 0 atom stereocenters. The highest BCUT2D eigenvalue weighted by Crippen LogP contribution is 2.45. The van der Waals surface area contributed by atoms with Crippen molar-refractivity contribution in [3.8, 4) is 28.4 Å². The maximum absolute atomic E-state index is 12.7. The van der Waals surface area contributed by atoms with Gasteiger partial charge in [-0.25, -0.2) is 0 Å². The molecule has 5 nitrogen and oxygen atoms in total. The Labute approximate surface area is 164 Å². The summed E-state index contributed by atoms with van der Waals surface area (Å²) in [7, 11) is 3.09. The third-order valence-corrected chi connectivity index (χ3v) is 5.73. The lowest BCUT2D eigenvalue weighted by atomic mass is 9.99. The molecule has 28 heavy (non-hydrogen) atoms. The summed E-state index contributed by atoms with van der Waals surface area (Å²) in [5.41, 5.74) is 3.47. The first-order valence-electron chi connectivity index (χ1n) is 9.75. The van der Waals surface area contributed by atoms with E-state index in [0.29, 0.717) is 23.7 Å². The van der Waals surface area contributed by atoms with Crippen molar-refractivity contribution in [3.05, 3.63) is 41.5 Å². The molecule has 0 bridgehead atoms. The fourth-order valence-electron chi connectivity index (χ4n) is 4.20. The zero-order chi connectivity index (χ0) is 19.7. The predicted molar refractivity (Wildman–Crippen MR) is 105 cm³/mol. The summed E-state index contributed by atoms with van der Waals surface area (Å²) in [4.78, 5) is 24.7. The number of methoxy groups -OCH3 is 2.